The molecule has 4 N–H and O–H groups in total. The van der Waals surface area contributed by atoms with Gasteiger partial charge in [0.15, 0.2) is 0 Å². The number of rotatable bonds is 4. The zero-order valence-corrected chi connectivity index (χ0v) is 10.1. The van der Waals surface area contributed by atoms with Gasteiger partial charge in [0.05, 0.1) is 12.8 Å². The summed E-state index contributed by atoms with van der Waals surface area (Å²) in [5, 5.41) is 8.40. The lowest BCUT2D eigenvalue weighted by atomic mass is 10.3. The summed E-state index contributed by atoms with van der Waals surface area (Å²) in [6.45, 7) is 0. The summed E-state index contributed by atoms with van der Waals surface area (Å²) in [6, 6.07) is 7.18. The summed E-state index contributed by atoms with van der Waals surface area (Å²) >= 11 is 0. The first-order valence-corrected chi connectivity index (χ1v) is 3.72. The highest BCUT2D eigenvalue weighted by molar-refractivity contribution is 14.0. The summed E-state index contributed by atoms with van der Waals surface area (Å²) < 4.78 is 4.99. The van der Waals surface area contributed by atoms with E-state index in [4.69, 9.17) is 16.0 Å². The Hall–Kier alpha value is -0.860. The van der Waals surface area contributed by atoms with Crippen molar-refractivity contribution in [2.75, 3.05) is 12.1 Å². The highest BCUT2D eigenvalue weighted by Crippen LogP contribution is 2.16. The Labute approximate surface area is 99.7 Å². The average molecular weight is 308 g/mol. The van der Waals surface area contributed by atoms with Crippen LogP contribution in [-0.4, -0.2) is 13.4 Å². The molecular formula is C8H13IN4O. The Morgan fingerprint density at radius 2 is 2.00 bits per heavy atom. The first-order chi connectivity index (χ1) is 6.31. The second-order valence-corrected chi connectivity index (χ2v) is 2.33. The van der Waals surface area contributed by atoms with Crippen molar-refractivity contribution in [3.63, 3.8) is 0 Å². The summed E-state index contributed by atoms with van der Waals surface area (Å²) in [7, 11) is 1.60. The maximum atomic E-state index is 7.02. The van der Waals surface area contributed by atoms with E-state index in [-0.39, 0.29) is 24.0 Å². The number of benzene rings is 1. The molecule has 0 aromatic heterocycles. The molecule has 0 aliphatic carbocycles. The molecule has 0 saturated carbocycles. The van der Waals surface area contributed by atoms with Crippen LogP contribution in [0.1, 0.15) is 0 Å². The van der Waals surface area contributed by atoms with Crippen LogP contribution in [0.4, 0.5) is 5.69 Å². The largest absolute Gasteiger partial charge is 0.497 e. The molecule has 6 heteroatoms. The van der Waals surface area contributed by atoms with Crippen molar-refractivity contribution >= 4 is 36.0 Å². The van der Waals surface area contributed by atoms with Crippen LogP contribution in [0.5, 0.6) is 5.75 Å². The number of methoxy groups -OCH3 is 1. The van der Waals surface area contributed by atoms with Gasteiger partial charge in [0.1, 0.15) is 12.1 Å². The molecule has 0 spiro atoms. The molecule has 78 valence electrons. The molecule has 0 bridgehead atoms. The van der Waals surface area contributed by atoms with E-state index in [0.717, 1.165) is 17.8 Å². The maximum absolute atomic E-state index is 7.02. The molecule has 0 fully saturated rings. The number of nitrogens with two attached hydrogens (primary N) is 1. The SMILES string of the molecule is COc1ccc(N(C=N)NN)cc1.I. The van der Waals surface area contributed by atoms with Gasteiger partial charge in [-0.3, -0.25) is 16.3 Å². The molecule has 0 amide bonds. The first-order valence-electron chi connectivity index (χ1n) is 3.72. The first kappa shape index (κ1) is 13.1. The predicted molar refractivity (Wildman–Crippen MR) is 67.0 cm³/mol. The van der Waals surface area contributed by atoms with E-state index in [2.05, 4.69) is 5.53 Å². The lowest BCUT2D eigenvalue weighted by Crippen LogP contribution is -2.41. The molecule has 0 unspecified atom stereocenters. The molecule has 0 atom stereocenters. The van der Waals surface area contributed by atoms with E-state index < -0.39 is 0 Å². The number of hydrogen-bond donors (Lipinski definition) is 3. The molecule has 0 heterocycles. The topological polar surface area (TPSA) is 74.4 Å². The Kier molecular flexibility index (Phi) is 6.17. The normalized spacial score (nSPS) is 8.71. The zero-order chi connectivity index (χ0) is 9.68. The number of ether oxygens (including phenoxy) is 1. The van der Waals surface area contributed by atoms with Crippen LogP contribution in [0, 0.1) is 5.41 Å². The minimum Gasteiger partial charge on any atom is -0.497 e. The van der Waals surface area contributed by atoms with Crippen LogP contribution in [0.3, 0.4) is 0 Å². The van der Waals surface area contributed by atoms with Gasteiger partial charge in [0.2, 0.25) is 0 Å². The van der Waals surface area contributed by atoms with Gasteiger partial charge in [-0.15, -0.1) is 24.0 Å². The number of nitrogens with one attached hydrogen (secondary N) is 2. The van der Waals surface area contributed by atoms with Crippen LogP contribution < -0.4 is 21.1 Å². The second-order valence-electron chi connectivity index (χ2n) is 2.33. The third kappa shape index (κ3) is 3.13. The fourth-order valence-electron chi connectivity index (χ4n) is 0.929. The number of hydrazine groups is 2. The smallest absolute Gasteiger partial charge is 0.119 e. The van der Waals surface area contributed by atoms with Gasteiger partial charge in [0, 0.05) is 0 Å². The van der Waals surface area contributed by atoms with Crippen LogP contribution >= 0.6 is 24.0 Å². The molecule has 0 aliphatic rings. The van der Waals surface area contributed by atoms with E-state index in [1.807, 2.05) is 0 Å². The minimum atomic E-state index is 0. The van der Waals surface area contributed by atoms with Crippen molar-refractivity contribution in [1.29, 1.82) is 5.41 Å². The Balaban J connectivity index is 0.00000169. The summed E-state index contributed by atoms with van der Waals surface area (Å²) in [5.41, 5.74) is 3.13. The molecule has 0 saturated heterocycles. The van der Waals surface area contributed by atoms with E-state index in [1.165, 1.54) is 5.01 Å². The fraction of sp³-hybridized carbons (Fsp3) is 0.125. The fourth-order valence-corrected chi connectivity index (χ4v) is 0.929. The number of halogens is 1. The lowest BCUT2D eigenvalue weighted by Gasteiger charge is -2.16. The number of hydrogen-bond acceptors (Lipinski definition) is 4. The average Bonchev–Trinajstić information content (AvgIpc) is 2.21. The van der Waals surface area contributed by atoms with Crippen LogP contribution in [0.15, 0.2) is 24.3 Å². The Morgan fingerprint density at radius 1 is 1.43 bits per heavy atom. The van der Waals surface area contributed by atoms with Crippen molar-refractivity contribution in [2.24, 2.45) is 5.84 Å². The summed E-state index contributed by atoms with van der Waals surface area (Å²) in [5.74, 6) is 5.95. The van der Waals surface area contributed by atoms with E-state index >= 15 is 0 Å². The van der Waals surface area contributed by atoms with Gasteiger partial charge in [-0.25, -0.2) is 0 Å². The molecule has 0 radical (unpaired) electrons. The van der Waals surface area contributed by atoms with Gasteiger partial charge in [-0.2, -0.15) is 5.53 Å². The van der Waals surface area contributed by atoms with Crippen LogP contribution in [0.25, 0.3) is 0 Å². The summed E-state index contributed by atoms with van der Waals surface area (Å²) in [4.78, 5) is 0. The van der Waals surface area contributed by atoms with Crippen molar-refractivity contribution < 1.29 is 4.74 Å². The van der Waals surface area contributed by atoms with Crippen LogP contribution in [0.2, 0.25) is 0 Å². The van der Waals surface area contributed by atoms with E-state index in [9.17, 15) is 0 Å². The Bertz CT molecular complexity index is 277. The third-order valence-electron chi connectivity index (χ3n) is 1.62. The highest BCUT2D eigenvalue weighted by Gasteiger charge is 1.99. The molecule has 1 aromatic rings. The molecule has 5 nitrogen and oxygen atoms in total. The van der Waals surface area contributed by atoms with Gasteiger partial charge in [-0.1, -0.05) is 0 Å². The summed E-state index contributed by atoms with van der Waals surface area (Å²) in [6.07, 6.45) is 1.09. The molecule has 1 rings (SSSR count). The monoisotopic (exact) mass is 308 g/mol. The standard InChI is InChI=1S/C8H12N4O.HI/c1-13-8-4-2-7(3-5-8)12(6-9)11-10;/h2-6,9,11H,10H2,1H3;1H. The van der Waals surface area contributed by atoms with Crippen LogP contribution in [-0.2, 0) is 0 Å². The molecule has 0 aliphatic heterocycles. The second kappa shape index (κ2) is 6.57. The van der Waals surface area contributed by atoms with Gasteiger partial charge in [-0.05, 0) is 24.3 Å². The Morgan fingerprint density at radius 3 is 2.36 bits per heavy atom. The highest BCUT2D eigenvalue weighted by atomic mass is 127. The number of nitrogens with zero attached hydrogens (tertiary/aromatic N) is 1. The number of anilines is 1. The lowest BCUT2D eigenvalue weighted by molar-refractivity contribution is 0.415. The van der Waals surface area contributed by atoms with Gasteiger partial charge < -0.3 is 4.74 Å². The van der Waals surface area contributed by atoms with Gasteiger partial charge >= 0.3 is 0 Å². The van der Waals surface area contributed by atoms with Crippen molar-refractivity contribution in [2.45, 2.75) is 0 Å². The third-order valence-corrected chi connectivity index (χ3v) is 1.62. The molecular weight excluding hydrogens is 295 g/mol. The predicted octanol–water partition coefficient (Wildman–Crippen LogP) is 1.10. The quantitative estimate of drug-likeness (QED) is 0.256. The van der Waals surface area contributed by atoms with Crippen molar-refractivity contribution in [3.8, 4) is 5.75 Å². The zero-order valence-electron chi connectivity index (χ0n) is 7.73. The van der Waals surface area contributed by atoms with Crippen molar-refractivity contribution in [1.82, 2.24) is 5.53 Å². The molecule has 14 heavy (non-hydrogen) atoms. The maximum Gasteiger partial charge on any atom is 0.119 e. The minimum absolute atomic E-state index is 0. The van der Waals surface area contributed by atoms with E-state index in [1.54, 1.807) is 31.4 Å². The van der Waals surface area contributed by atoms with Crippen molar-refractivity contribution in [3.05, 3.63) is 24.3 Å². The van der Waals surface area contributed by atoms with E-state index in [0.29, 0.717) is 0 Å². The molecule has 1 aromatic carbocycles. The van der Waals surface area contributed by atoms with Gasteiger partial charge in [0.25, 0.3) is 0 Å².